The topological polar surface area (TPSA) is 52.6 Å². The van der Waals surface area contributed by atoms with Crippen molar-refractivity contribution in [1.82, 2.24) is 0 Å². The molecule has 0 aliphatic rings. The summed E-state index contributed by atoms with van der Waals surface area (Å²) in [5.74, 6) is -0.742. The normalized spacial score (nSPS) is 9.47. The maximum atomic E-state index is 10.9. The van der Waals surface area contributed by atoms with Crippen LogP contribution in [0.2, 0.25) is 0 Å². The third kappa shape index (κ3) is 7.73. The molecular weight excluding hydrogens is 196 g/mol. The summed E-state index contributed by atoms with van der Waals surface area (Å²) in [5, 5.41) is 0. The summed E-state index contributed by atoms with van der Waals surface area (Å²) in [6.07, 6.45) is 3.10. The second-order valence-corrected chi connectivity index (χ2v) is 3.33. The fourth-order valence-electron chi connectivity index (χ4n) is 0.877. The predicted molar refractivity (Wildman–Crippen MR) is 56.4 cm³/mol. The molecule has 0 amide bonds. The molecule has 0 fully saturated rings. The molecule has 86 valence electrons. The van der Waals surface area contributed by atoms with E-state index in [9.17, 15) is 9.59 Å². The van der Waals surface area contributed by atoms with E-state index < -0.39 is 12.1 Å². The molecule has 0 saturated heterocycles. The van der Waals surface area contributed by atoms with Crippen molar-refractivity contribution in [1.29, 1.82) is 0 Å². The molecule has 15 heavy (non-hydrogen) atoms. The second-order valence-electron chi connectivity index (χ2n) is 3.33. The first-order chi connectivity index (χ1) is 7.07. The Bertz CT molecular complexity index is 233. The maximum Gasteiger partial charge on any atom is 0.516 e. The number of carbonyl (C=O) groups is 2. The van der Waals surface area contributed by atoms with Gasteiger partial charge in [0.25, 0.3) is 0 Å². The average Bonchev–Trinajstić information content (AvgIpc) is 2.17. The van der Waals surface area contributed by atoms with E-state index in [1.807, 2.05) is 0 Å². The van der Waals surface area contributed by atoms with Crippen molar-refractivity contribution < 1.29 is 19.1 Å². The Kier molecular flexibility index (Phi) is 7.32. The molecule has 0 aromatic carbocycles. The van der Waals surface area contributed by atoms with E-state index in [1.54, 1.807) is 0 Å². The molecule has 0 N–H and O–H groups in total. The SMILES string of the molecule is C=C(C)C(=O)OC(=O)OCCCCCC. The van der Waals surface area contributed by atoms with E-state index >= 15 is 0 Å². The first kappa shape index (κ1) is 13.7. The highest BCUT2D eigenvalue weighted by atomic mass is 16.7. The van der Waals surface area contributed by atoms with Crippen LogP contribution in [0.25, 0.3) is 0 Å². The fourth-order valence-corrected chi connectivity index (χ4v) is 0.877. The minimum Gasteiger partial charge on any atom is -0.434 e. The van der Waals surface area contributed by atoms with Crippen molar-refractivity contribution in [3.63, 3.8) is 0 Å². The summed E-state index contributed by atoms with van der Waals surface area (Å²) in [6.45, 7) is 7.21. The van der Waals surface area contributed by atoms with Gasteiger partial charge in [0.15, 0.2) is 0 Å². The third-order valence-electron chi connectivity index (χ3n) is 1.74. The first-order valence-electron chi connectivity index (χ1n) is 5.12. The Labute approximate surface area is 90.2 Å². The van der Waals surface area contributed by atoms with Crippen LogP contribution in [0.15, 0.2) is 12.2 Å². The summed E-state index contributed by atoms with van der Waals surface area (Å²) < 4.78 is 9.01. The van der Waals surface area contributed by atoms with Gasteiger partial charge in [-0.1, -0.05) is 32.8 Å². The molecule has 0 unspecified atom stereocenters. The molecule has 0 aliphatic heterocycles. The molecule has 0 heterocycles. The lowest BCUT2D eigenvalue weighted by Crippen LogP contribution is -2.14. The highest BCUT2D eigenvalue weighted by Gasteiger charge is 2.11. The zero-order valence-corrected chi connectivity index (χ0v) is 9.38. The van der Waals surface area contributed by atoms with Gasteiger partial charge in [-0.3, -0.25) is 0 Å². The lowest BCUT2D eigenvalue weighted by atomic mass is 10.2. The molecule has 0 aliphatic carbocycles. The quantitative estimate of drug-likeness (QED) is 0.295. The Morgan fingerprint density at radius 3 is 2.40 bits per heavy atom. The molecule has 0 aromatic rings. The van der Waals surface area contributed by atoms with Crippen LogP contribution in [-0.4, -0.2) is 18.7 Å². The molecule has 0 rings (SSSR count). The van der Waals surface area contributed by atoms with Crippen LogP contribution < -0.4 is 0 Å². The molecule has 0 spiro atoms. The summed E-state index contributed by atoms with van der Waals surface area (Å²) in [4.78, 5) is 21.8. The summed E-state index contributed by atoms with van der Waals surface area (Å²) in [6, 6.07) is 0. The van der Waals surface area contributed by atoms with Crippen LogP contribution in [0, 0.1) is 0 Å². The van der Waals surface area contributed by atoms with Crippen molar-refractivity contribution in [3.05, 3.63) is 12.2 Å². The van der Waals surface area contributed by atoms with E-state index in [-0.39, 0.29) is 5.57 Å². The van der Waals surface area contributed by atoms with Crippen molar-refractivity contribution in [2.45, 2.75) is 39.5 Å². The lowest BCUT2D eigenvalue weighted by molar-refractivity contribution is -0.135. The number of hydrogen-bond donors (Lipinski definition) is 0. The number of carbonyl (C=O) groups excluding carboxylic acids is 2. The van der Waals surface area contributed by atoms with Gasteiger partial charge in [-0.25, -0.2) is 9.59 Å². The van der Waals surface area contributed by atoms with Gasteiger partial charge in [0.05, 0.1) is 6.61 Å². The van der Waals surface area contributed by atoms with E-state index in [0.29, 0.717) is 6.61 Å². The smallest absolute Gasteiger partial charge is 0.434 e. The summed E-state index contributed by atoms with van der Waals surface area (Å²) >= 11 is 0. The Balaban J connectivity index is 3.49. The van der Waals surface area contributed by atoms with Crippen LogP contribution in [0.1, 0.15) is 39.5 Å². The van der Waals surface area contributed by atoms with Gasteiger partial charge >= 0.3 is 12.1 Å². The van der Waals surface area contributed by atoms with E-state index in [0.717, 1.165) is 25.7 Å². The van der Waals surface area contributed by atoms with E-state index in [1.165, 1.54) is 6.92 Å². The number of unbranched alkanes of at least 4 members (excludes halogenated alkanes) is 3. The highest BCUT2D eigenvalue weighted by molar-refractivity contribution is 5.93. The molecule has 0 aromatic heterocycles. The first-order valence-corrected chi connectivity index (χ1v) is 5.12. The van der Waals surface area contributed by atoms with E-state index in [2.05, 4.69) is 23.0 Å². The standard InChI is InChI=1S/C11H18O4/c1-4-5-6-7-8-14-11(13)15-10(12)9(2)3/h2,4-8H2,1,3H3. The lowest BCUT2D eigenvalue weighted by Gasteiger charge is -2.03. The third-order valence-corrected chi connectivity index (χ3v) is 1.74. The fraction of sp³-hybridized carbons (Fsp3) is 0.636. The van der Waals surface area contributed by atoms with E-state index in [4.69, 9.17) is 0 Å². The summed E-state index contributed by atoms with van der Waals surface area (Å²) in [5.41, 5.74) is 0.179. The number of esters is 1. The van der Waals surface area contributed by atoms with Crippen molar-refractivity contribution in [3.8, 4) is 0 Å². The predicted octanol–water partition coefficient (Wildman–Crippen LogP) is 2.82. The number of ether oxygens (including phenoxy) is 2. The van der Waals surface area contributed by atoms with Gasteiger partial charge in [-0.15, -0.1) is 0 Å². The zero-order valence-electron chi connectivity index (χ0n) is 9.38. The van der Waals surface area contributed by atoms with Crippen LogP contribution in [0.5, 0.6) is 0 Å². The largest absolute Gasteiger partial charge is 0.516 e. The highest BCUT2D eigenvalue weighted by Crippen LogP contribution is 2.00. The minimum atomic E-state index is -0.945. The Hall–Kier alpha value is -1.32. The Morgan fingerprint density at radius 2 is 1.87 bits per heavy atom. The zero-order chi connectivity index (χ0) is 11.7. The van der Waals surface area contributed by atoms with Gasteiger partial charge in [-0.2, -0.15) is 0 Å². The summed E-state index contributed by atoms with van der Waals surface area (Å²) in [7, 11) is 0. The van der Waals surface area contributed by atoms with Gasteiger partial charge in [0.1, 0.15) is 0 Å². The monoisotopic (exact) mass is 214 g/mol. The number of rotatable bonds is 6. The molecule has 0 saturated carbocycles. The molecule has 4 heteroatoms. The molecule has 4 nitrogen and oxygen atoms in total. The van der Waals surface area contributed by atoms with Gasteiger partial charge < -0.3 is 9.47 Å². The van der Waals surface area contributed by atoms with Gasteiger partial charge in [0, 0.05) is 5.57 Å². The van der Waals surface area contributed by atoms with Gasteiger partial charge in [0.2, 0.25) is 0 Å². The molecule has 0 bridgehead atoms. The van der Waals surface area contributed by atoms with Crippen LogP contribution in [0.3, 0.4) is 0 Å². The molecular formula is C11H18O4. The van der Waals surface area contributed by atoms with Crippen molar-refractivity contribution in [2.24, 2.45) is 0 Å². The van der Waals surface area contributed by atoms with Crippen LogP contribution in [0.4, 0.5) is 4.79 Å². The Morgan fingerprint density at radius 1 is 1.20 bits per heavy atom. The van der Waals surface area contributed by atoms with Gasteiger partial charge in [-0.05, 0) is 13.3 Å². The molecule has 0 atom stereocenters. The maximum absolute atomic E-state index is 10.9. The second kappa shape index (κ2) is 8.03. The average molecular weight is 214 g/mol. The minimum absolute atomic E-state index is 0.179. The van der Waals surface area contributed by atoms with Crippen LogP contribution in [-0.2, 0) is 14.3 Å². The van der Waals surface area contributed by atoms with Crippen LogP contribution >= 0.6 is 0 Å². The number of hydrogen-bond acceptors (Lipinski definition) is 4. The van der Waals surface area contributed by atoms with Crippen molar-refractivity contribution >= 4 is 12.1 Å². The van der Waals surface area contributed by atoms with Crippen molar-refractivity contribution in [2.75, 3.05) is 6.61 Å². The molecule has 0 radical (unpaired) electrons.